The first kappa shape index (κ1) is 12.2. The van der Waals surface area contributed by atoms with E-state index in [2.05, 4.69) is 15.3 Å². The lowest BCUT2D eigenvalue weighted by Gasteiger charge is -2.07. The van der Waals surface area contributed by atoms with Gasteiger partial charge in [-0.2, -0.15) is 0 Å². The van der Waals surface area contributed by atoms with Gasteiger partial charge in [0.05, 0.1) is 11.9 Å². The second-order valence-corrected chi connectivity index (χ2v) is 5.49. The summed E-state index contributed by atoms with van der Waals surface area (Å²) in [6.07, 6.45) is 8.09. The lowest BCUT2D eigenvalue weighted by molar-refractivity contribution is 0.475. The number of rotatable bonds is 4. The Morgan fingerprint density at radius 3 is 3.00 bits per heavy atom. The number of fused-ring (bicyclic) bond motifs is 1. The van der Waals surface area contributed by atoms with E-state index in [-0.39, 0.29) is 5.75 Å². The van der Waals surface area contributed by atoms with Crippen molar-refractivity contribution in [1.29, 1.82) is 0 Å². The minimum absolute atomic E-state index is 0.253. The Hall–Kier alpha value is -2.56. The van der Waals surface area contributed by atoms with E-state index in [0.29, 0.717) is 0 Å². The molecular formula is C16H16N4O. The fourth-order valence-corrected chi connectivity index (χ4v) is 2.49. The third-order valence-corrected chi connectivity index (χ3v) is 3.83. The van der Waals surface area contributed by atoms with Crippen molar-refractivity contribution in [2.24, 2.45) is 5.92 Å². The number of phenols is 1. The average molecular weight is 280 g/mol. The second-order valence-electron chi connectivity index (χ2n) is 5.49. The van der Waals surface area contributed by atoms with E-state index < -0.39 is 0 Å². The molecule has 1 fully saturated rings. The summed E-state index contributed by atoms with van der Waals surface area (Å²) in [6, 6.07) is 7.19. The van der Waals surface area contributed by atoms with Crippen molar-refractivity contribution >= 4 is 11.5 Å². The van der Waals surface area contributed by atoms with Crippen molar-refractivity contribution < 1.29 is 5.11 Å². The topological polar surface area (TPSA) is 62.5 Å². The predicted octanol–water partition coefficient (Wildman–Crippen LogP) is 2.92. The van der Waals surface area contributed by atoms with Crippen molar-refractivity contribution in [3.63, 3.8) is 0 Å². The number of hydrogen-bond acceptors (Lipinski definition) is 4. The molecule has 5 nitrogen and oxygen atoms in total. The highest BCUT2D eigenvalue weighted by molar-refractivity contribution is 5.71. The molecule has 1 aromatic carbocycles. The van der Waals surface area contributed by atoms with Crippen LogP contribution in [0.5, 0.6) is 5.75 Å². The molecule has 1 aliphatic rings. The van der Waals surface area contributed by atoms with Gasteiger partial charge in [-0.25, -0.2) is 9.97 Å². The van der Waals surface area contributed by atoms with Crippen LogP contribution in [0.25, 0.3) is 16.9 Å². The van der Waals surface area contributed by atoms with Gasteiger partial charge in [-0.05, 0) is 30.9 Å². The fraction of sp³-hybridized carbons (Fsp3) is 0.250. The van der Waals surface area contributed by atoms with Gasteiger partial charge >= 0.3 is 0 Å². The maximum Gasteiger partial charge on any atom is 0.180 e. The third-order valence-electron chi connectivity index (χ3n) is 3.83. The SMILES string of the molecule is Oc1cccc(-c2cnc3c(NCC4CC4)nccn23)c1. The molecule has 2 N–H and O–H groups in total. The summed E-state index contributed by atoms with van der Waals surface area (Å²) in [6.45, 7) is 0.959. The van der Waals surface area contributed by atoms with Crippen LogP contribution < -0.4 is 5.32 Å². The highest BCUT2D eigenvalue weighted by Crippen LogP contribution is 2.30. The van der Waals surface area contributed by atoms with Gasteiger partial charge in [0.25, 0.3) is 0 Å². The number of anilines is 1. The quantitative estimate of drug-likeness (QED) is 0.771. The average Bonchev–Trinajstić information content (AvgIpc) is 3.22. The number of nitrogens with one attached hydrogen (secondary N) is 1. The third kappa shape index (κ3) is 2.31. The van der Waals surface area contributed by atoms with Gasteiger partial charge in [0.15, 0.2) is 11.5 Å². The summed E-state index contributed by atoms with van der Waals surface area (Å²) < 4.78 is 2.00. The lowest BCUT2D eigenvalue weighted by Crippen LogP contribution is -2.06. The molecule has 0 aliphatic heterocycles. The maximum atomic E-state index is 9.64. The second kappa shape index (κ2) is 4.77. The number of hydrogen-bond donors (Lipinski definition) is 2. The zero-order valence-electron chi connectivity index (χ0n) is 11.5. The number of aromatic hydroxyl groups is 1. The van der Waals surface area contributed by atoms with E-state index in [1.54, 1.807) is 18.3 Å². The Kier molecular flexibility index (Phi) is 2.77. The van der Waals surface area contributed by atoms with Gasteiger partial charge in [-0.3, -0.25) is 4.40 Å². The lowest BCUT2D eigenvalue weighted by atomic mass is 10.1. The standard InChI is InChI=1S/C16H16N4O/c21-13-3-1-2-12(8-13)14-10-19-16-15(17-6-7-20(14)16)18-9-11-4-5-11/h1-3,6-8,10-11,21H,4-5,9H2,(H,17,18). The molecular weight excluding hydrogens is 264 g/mol. The van der Waals surface area contributed by atoms with Gasteiger partial charge < -0.3 is 10.4 Å². The summed E-state index contributed by atoms with van der Waals surface area (Å²) in [5.74, 6) is 1.85. The molecule has 1 saturated carbocycles. The van der Waals surface area contributed by atoms with Gasteiger partial charge in [0, 0.05) is 24.5 Å². The van der Waals surface area contributed by atoms with Crippen molar-refractivity contribution in [2.75, 3.05) is 11.9 Å². The van der Waals surface area contributed by atoms with E-state index in [1.807, 2.05) is 28.9 Å². The number of imidazole rings is 1. The molecule has 0 radical (unpaired) electrons. The molecule has 2 aromatic heterocycles. The molecule has 0 saturated heterocycles. The van der Waals surface area contributed by atoms with Crippen LogP contribution in [-0.2, 0) is 0 Å². The number of nitrogens with zero attached hydrogens (tertiary/aromatic N) is 3. The molecule has 21 heavy (non-hydrogen) atoms. The first-order valence-electron chi connectivity index (χ1n) is 7.16. The summed E-state index contributed by atoms with van der Waals surface area (Å²) >= 11 is 0. The van der Waals surface area contributed by atoms with Crippen LogP contribution in [0.4, 0.5) is 5.82 Å². The molecule has 0 bridgehead atoms. The van der Waals surface area contributed by atoms with E-state index >= 15 is 0 Å². The van der Waals surface area contributed by atoms with E-state index in [0.717, 1.165) is 35.2 Å². The van der Waals surface area contributed by atoms with E-state index in [4.69, 9.17) is 0 Å². The fourth-order valence-electron chi connectivity index (χ4n) is 2.49. The molecule has 2 heterocycles. The molecule has 0 unspecified atom stereocenters. The summed E-state index contributed by atoms with van der Waals surface area (Å²) in [5.41, 5.74) is 2.69. The smallest absolute Gasteiger partial charge is 0.180 e. The first-order valence-corrected chi connectivity index (χ1v) is 7.16. The minimum Gasteiger partial charge on any atom is -0.508 e. The highest BCUT2D eigenvalue weighted by atomic mass is 16.3. The van der Waals surface area contributed by atoms with Gasteiger partial charge in [0.1, 0.15) is 5.75 Å². The molecule has 1 aliphatic carbocycles. The normalized spacial score (nSPS) is 14.5. The molecule has 106 valence electrons. The number of benzene rings is 1. The van der Waals surface area contributed by atoms with Crippen molar-refractivity contribution in [3.05, 3.63) is 42.9 Å². The Labute approximate surface area is 122 Å². The minimum atomic E-state index is 0.253. The van der Waals surface area contributed by atoms with Crippen LogP contribution in [0.2, 0.25) is 0 Å². The zero-order chi connectivity index (χ0) is 14.2. The molecule has 4 rings (SSSR count). The van der Waals surface area contributed by atoms with Crippen LogP contribution in [0.15, 0.2) is 42.9 Å². The Morgan fingerprint density at radius 1 is 1.29 bits per heavy atom. The molecule has 0 spiro atoms. The zero-order valence-corrected chi connectivity index (χ0v) is 11.5. The van der Waals surface area contributed by atoms with Crippen LogP contribution >= 0.6 is 0 Å². The maximum absolute atomic E-state index is 9.64. The molecule has 3 aromatic rings. The van der Waals surface area contributed by atoms with Crippen molar-refractivity contribution in [2.45, 2.75) is 12.8 Å². The van der Waals surface area contributed by atoms with Crippen molar-refractivity contribution in [1.82, 2.24) is 14.4 Å². The van der Waals surface area contributed by atoms with Crippen LogP contribution in [0.1, 0.15) is 12.8 Å². The molecule has 5 heteroatoms. The molecule has 0 amide bonds. The van der Waals surface area contributed by atoms with Crippen LogP contribution in [-0.4, -0.2) is 26.0 Å². The van der Waals surface area contributed by atoms with Gasteiger partial charge in [-0.15, -0.1) is 0 Å². The van der Waals surface area contributed by atoms with Crippen LogP contribution in [0, 0.1) is 5.92 Å². The Balaban J connectivity index is 1.75. The van der Waals surface area contributed by atoms with Crippen molar-refractivity contribution in [3.8, 4) is 17.0 Å². The largest absolute Gasteiger partial charge is 0.508 e. The Morgan fingerprint density at radius 2 is 2.19 bits per heavy atom. The number of aromatic nitrogens is 3. The Bertz CT molecular complexity index is 792. The summed E-state index contributed by atoms with van der Waals surface area (Å²) in [4.78, 5) is 8.87. The number of phenolic OH excluding ortho intramolecular Hbond substituents is 1. The highest BCUT2D eigenvalue weighted by Gasteiger charge is 2.21. The first-order chi connectivity index (χ1) is 10.3. The van der Waals surface area contributed by atoms with E-state index in [9.17, 15) is 5.11 Å². The predicted molar refractivity (Wildman–Crippen MR) is 81.3 cm³/mol. The molecule has 0 atom stereocenters. The van der Waals surface area contributed by atoms with E-state index in [1.165, 1.54) is 12.8 Å². The monoisotopic (exact) mass is 280 g/mol. The summed E-state index contributed by atoms with van der Waals surface area (Å²) in [5, 5.41) is 13.0. The van der Waals surface area contributed by atoms with Gasteiger partial charge in [-0.1, -0.05) is 12.1 Å². The van der Waals surface area contributed by atoms with Crippen LogP contribution in [0.3, 0.4) is 0 Å². The summed E-state index contributed by atoms with van der Waals surface area (Å²) in [7, 11) is 0. The van der Waals surface area contributed by atoms with Gasteiger partial charge in [0.2, 0.25) is 0 Å².